The van der Waals surface area contributed by atoms with Crippen LogP contribution in [0.25, 0.3) is 0 Å². The third kappa shape index (κ3) is 1.64. The average Bonchev–Trinajstić information content (AvgIpc) is 3.03. The molecule has 0 radical (unpaired) electrons. The minimum Gasteiger partial charge on any atom is -0.427 e. The summed E-state index contributed by atoms with van der Waals surface area (Å²) in [5, 5.41) is 0. The van der Waals surface area contributed by atoms with Crippen LogP contribution < -0.4 is 9.64 Å². The average molecular weight is 313 g/mol. The maximum Gasteiger partial charge on any atom is 0.308 e. The Morgan fingerprint density at radius 1 is 1.09 bits per heavy atom. The van der Waals surface area contributed by atoms with Gasteiger partial charge in [-0.1, -0.05) is 0 Å². The number of carbonyl (C=O) groups is 3. The Morgan fingerprint density at radius 2 is 1.65 bits per heavy atom. The summed E-state index contributed by atoms with van der Waals surface area (Å²) in [5.74, 6) is -0.252. The number of benzene rings is 1. The second-order valence-electron chi connectivity index (χ2n) is 6.78. The SMILES string of the molecule is CC(=O)Oc1ccc(N2C(=O)C3C4CC(C5OC45)C3C2=O)cc1. The van der Waals surface area contributed by atoms with Crippen LogP contribution in [0.1, 0.15) is 13.3 Å². The van der Waals surface area contributed by atoms with Gasteiger partial charge in [0.25, 0.3) is 0 Å². The Morgan fingerprint density at radius 3 is 2.17 bits per heavy atom. The molecule has 6 heteroatoms. The Kier molecular flexibility index (Phi) is 2.42. The topological polar surface area (TPSA) is 76.2 Å². The van der Waals surface area contributed by atoms with Crippen LogP contribution in [0, 0.1) is 23.7 Å². The molecule has 1 aromatic carbocycles. The van der Waals surface area contributed by atoms with Crippen LogP contribution in [0.15, 0.2) is 24.3 Å². The van der Waals surface area contributed by atoms with Gasteiger partial charge in [-0.25, -0.2) is 0 Å². The molecule has 1 aromatic rings. The van der Waals surface area contributed by atoms with E-state index in [2.05, 4.69) is 0 Å². The van der Waals surface area contributed by atoms with Gasteiger partial charge in [-0.2, -0.15) is 0 Å². The number of fused-ring (bicyclic) bond motifs is 8. The molecule has 4 fully saturated rings. The van der Waals surface area contributed by atoms with Crippen molar-refractivity contribution in [2.45, 2.75) is 25.6 Å². The van der Waals surface area contributed by atoms with Crippen LogP contribution in [-0.2, 0) is 19.1 Å². The summed E-state index contributed by atoms with van der Waals surface area (Å²) in [6.07, 6.45) is 1.34. The summed E-state index contributed by atoms with van der Waals surface area (Å²) >= 11 is 0. The van der Waals surface area contributed by atoms with Crippen molar-refractivity contribution in [2.75, 3.05) is 4.90 Å². The number of nitrogens with zero attached hydrogens (tertiary/aromatic N) is 1. The molecule has 2 bridgehead atoms. The van der Waals surface area contributed by atoms with E-state index in [0.29, 0.717) is 11.4 Å². The normalized spacial score (nSPS) is 39.4. The van der Waals surface area contributed by atoms with E-state index in [1.54, 1.807) is 24.3 Å². The fourth-order valence-corrected chi connectivity index (χ4v) is 4.81. The molecule has 2 aliphatic carbocycles. The van der Waals surface area contributed by atoms with E-state index in [1.165, 1.54) is 11.8 Å². The highest BCUT2D eigenvalue weighted by molar-refractivity contribution is 6.22. The minimum atomic E-state index is -0.406. The summed E-state index contributed by atoms with van der Waals surface area (Å²) in [6.45, 7) is 1.33. The Balaban J connectivity index is 1.45. The first kappa shape index (κ1) is 13.2. The predicted molar refractivity (Wildman–Crippen MR) is 77.5 cm³/mol. The minimum absolute atomic E-state index is 0.110. The third-order valence-electron chi connectivity index (χ3n) is 5.63. The number of imide groups is 1. The number of amides is 2. The van der Waals surface area contributed by atoms with Crippen LogP contribution in [-0.4, -0.2) is 30.0 Å². The van der Waals surface area contributed by atoms with Gasteiger partial charge >= 0.3 is 5.97 Å². The molecule has 2 heterocycles. The number of hydrogen-bond donors (Lipinski definition) is 0. The number of carbonyl (C=O) groups excluding carboxylic acids is 3. The first-order chi connectivity index (χ1) is 11.1. The van der Waals surface area contributed by atoms with Gasteiger partial charge in [0.1, 0.15) is 5.75 Å². The molecule has 6 nitrogen and oxygen atoms in total. The number of anilines is 1. The monoisotopic (exact) mass is 313 g/mol. The van der Waals surface area contributed by atoms with Gasteiger partial charge in [-0.05, 0) is 30.7 Å². The summed E-state index contributed by atoms with van der Waals surface area (Å²) in [4.78, 5) is 37.8. The van der Waals surface area contributed by atoms with Crippen LogP contribution in [0.5, 0.6) is 5.75 Å². The number of esters is 1. The van der Waals surface area contributed by atoms with Crippen molar-refractivity contribution in [2.24, 2.45) is 23.7 Å². The molecular weight excluding hydrogens is 298 g/mol. The molecule has 118 valence electrons. The highest BCUT2D eigenvalue weighted by atomic mass is 16.6. The Hall–Kier alpha value is -2.21. The molecule has 23 heavy (non-hydrogen) atoms. The molecule has 0 spiro atoms. The molecule has 0 N–H and O–H groups in total. The van der Waals surface area contributed by atoms with Crippen molar-refractivity contribution in [3.63, 3.8) is 0 Å². The fourth-order valence-electron chi connectivity index (χ4n) is 4.81. The molecule has 4 aliphatic rings. The lowest BCUT2D eigenvalue weighted by atomic mass is 9.81. The van der Waals surface area contributed by atoms with E-state index in [9.17, 15) is 14.4 Å². The van der Waals surface area contributed by atoms with E-state index in [0.717, 1.165) is 6.42 Å². The van der Waals surface area contributed by atoms with Gasteiger partial charge in [0.2, 0.25) is 11.8 Å². The molecule has 6 atom stereocenters. The smallest absolute Gasteiger partial charge is 0.308 e. The van der Waals surface area contributed by atoms with E-state index < -0.39 is 5.97 Å². The van der Waals surface area contributed by atoms with Crippen LogP contribution in [0.2, 0.25) is 0 Å². The fraction of sp³-hybridized carbons (Fsp3) is 0.471. The molecule has 2 saturated carbocycles. The van der Waals surface area contributed by atoms with Crippen molar-refractivity contribution >= 4 is 23.5 Å². The van der Waals surface area contributed by atoms with Crippen molar-refractivity contribution in [1.82, 2.24) is 0 Å². The van der Waals surface area contributed by atoms with Crippen molar-refractivity contribution < 1.29 is 23.9 Å². The molecular formula is C17H15NO5. The highest BCUT2D eigenvalue weighted by Gasteiger charge is 2.73. The second-order valence-corrected chi connectivity index (χ2v) is 6.78. The zero-order chi connectivity index (χ0) is 15.9. The van der Waals surface area contributed by atoms with Crippen LogP contribution >= 0.6 is 0 Å². The standard InChI is InChI=1S/C17H15NO5/c1-7(19)22-9-4-2-8(3-5-9)18-16(20)12-10-6-11(13(12)17(18)21)15-14(10)23-15/h2-5,10-15H,6H2,1H3. The lowest BCUT2D eigenvalue weighted by molar-refractivity contribution is -0.132. The van der Waals surface area contributed by atoms with Gasteiger partial charge in [0, 0.05) is 18.8 Å². The van der Waals surface area contributed by atoms with Gasteiger partial charge in [-0.15, -0.1) is 0 Å². The molecule has 6 unspecified atom stereocenters. The van der Waals surface area contributed by atoms with Gasteiger partial charge < -0.3 is 9.47 Å². The molecule has 5 rings (SSSR count). The number of ether oxygens (including phenoxy) is 2. The van der Waals surface area contributed by atoms with Crippen molar-refractivity contribution in [3.8, 4) is 5.75 Å². The summed E-state index contributed by atoms with van der Waals surface area (Å²) in [7, 11) is 0. The van der Waals surface area contributed by atoms with Crippen molar-refractivity contribution in [3.05, 3.63) is 24.3 Å². The maximum atomic E-state index is 12.8. The zero-order valence-electron chi connectivity index (χ0n) is 12.5. The molecule has 0 aromatic heterocycles. The molecule has 2 amide bonds. The highest BCUT2D eigenvalue weighted by Crippen LogP contribution is 2.64. The summed E-state index contributed by atoms with van der Waals surface area (Å²) < 4.78 is 10.6. The summed E-state index contributed by atoms with van der Waals surface area (Å²) in [6, 6.07) is 6.49. The predicted octanol–water partition coefficient (Wildman–Crippen LogP) is 1.13. The zero-order valence-corrected chi connectivity index (χ0v) is 12.5. The van der Waals surface area contributed by atoms with Crippen LogP contribution in [0.3, 0.4) is 0 Å². The lowest BCUT2D eigenvalue weighted by Gasteiger charge is -2.18. The van der Waals surface area contributed by atoms with E-state index in [-0.39, 0.29) is 47.7 Å². The van der Waals surface area contributed by atoms with Crippen LogP contribution in [0.4, 0.5) is 5.69 Å². The second kappa shape index (κ2) is 4.20. The van der Waals surface area contributed by atoms with Gasteiger partial charge in [0.05, 0.1) is 29.7 Å². The van der Waals surface area contributed by atoms with E-state index in [4.69, 9.17) is 9.47 Å². The van der Waals surface area contributed by atoms with Gasteiger partial charge in [0.15, 0.2) is 0 Å². The Bertz CT molecular complexity index is 710. The number of hydrogen-bond acceptors (Lipinski definition) is 5. The maximum absolute atomic E-state index is 12.8. The number of epoxide rings is 1. The Labute approximate surface area is 132 Å². The number of rotatable bonds is 2. The first-order valence-electron chi connectivity index (χ1n) is 7.88. The quantitative estimate of drug-likeness (QED) is 0.354. The lowest BCUT2D eigenvalue weighted by Crippen LogP contribution is -2.33. The first-order valence-corrected chi connectivity index (χ1v) is 7.88. The third-order valence-corrected chi connectivity index (χ3v) is 5.63. The largest absolute Gasteiger partial charge is 0.427 e. The van der Waals surface area contributed by atoms with E-state index in [1.807, 2.05) is 0 Å². The summed E-state index contributed by atoms with van der Waals surface area (Å²) in [5.41, 5.74) is 0.541. The van der Waals surface area contributed by atoms with E-state index >= 15 is 0 Å². The van der Waals surface area contributed by atoms with Crippen molar-refractivity contribution in [1.29, 1.82) is 0 Å². The van der Waals surface area contributed by atoms with Gasteiger partial charge in [-0.3, -0.25) is 19.3 Å². The molecule has 2 aliphatic heterocycles. The molecule has 2 saturated heterocycles.